The third kappa shape index (κ3) is 2.76. The minimum Gasteiger partial charge on any atom is -0.393 e. The first-order chi connectivity index (χ1) is 7.66. The molecule has 1 aromatic carbocycles. The first-order valence-electron chi connectivity index (χ1n) is 5.80. The van der Waals surface area contributed by atoms with Gasteiger partial charge in [-0.2, -0.15) is 0 Å². The molecule has 0 aliphatic carbocycles. The van der Waals surface area contributed by atoms with Gasteiger partial charge in [0.15, 0.2) is 0 Å². The van der Waals surface area contributed by atoms with Gasteiger partial charge in [0.2, 0.25) is 0 Å². The molecule has 16 heavy (non-hydrogen) atoms. The Bertz CT molecular complexity index is 356. The van der Waals surface area contributed by atoms with Crippen molar-refractivity contribution in [2.45, 2.75) is 26.0 Å². The number of rotatable bonds is 2. The minimum atomic E-state index is -0.137. The first kappa shape index (κ1) is 11.9. The highest BCUT2D eigenvalue weighted by Crippen LogP contribution is 2.21. The molecular formula is C13H18ClNO. The lowest BCUT2D eigenvalue weighted by molar-refractivity contribution is 0.0320. The van der Waals surface area contributed by atoms with Crippen LogP contribution in [0.3, 0.4) is 0 Å². The van der Waals surface area contributed by atoms with Crippen LogP contribution in [0.4, 0.5) is 0 Å². The zero-order chi connectivity index (χ0) is 11.5. The van der Waals surface area contributed by atoms with E-state index in [1.165, 1.54) is 5.56 Å². The van der Waals surface area contributed by atoms with Crippen molar-refractivity contribution in [2.24, 2.45) is 5.92 Å². The molecule has 1 aromatic rings. The smallest absolute Gasteiger partial charge is 0.0590 e. The largest absolute Gasteiger partial charge is 0.393 e. The Kier molecular flexibility index (Phi) is 3.85. The fourth-order valence-electron chi connectivity index (χ4n) is 2.23. The summed E-state index contributed by atoms with van der Waals surface area (Å²) >= 11 is 6.13. The molecule has 2 atom stereocenters. The highest BCUT2D eigenvalue weighted by molar-refractivity contribution is 6.31. The summed E-state index contributed by atoms with van der Waals surface area (Å²) in [6.07, 6.45) is 0.730. The van der Waals surface area contributed by atoms with E-state index in [1.54, 1.807) is 0 Å². The molecule has 2 rings (SSSR count). The topological polar surface area (TPSA) is 23.5 Å². The second-order valence-corrected chi connectivity index (χ2v) is 5.07. The number of hydrogen-bond acceptors (Lipinski definition) is 2. The van der Waals surface area contributed by atoms with Crippen molar-refractivity contribution in [3.63, 3.8) is 0 Å². The molecule has 0 amide bonds. The molecule has 1 fully saturated rings. The van der Waals surface area contributed by atoms with Gasteiger partial charge in [0.1, 0.15) is 0 Å². The Balaban J connectivity index is 1.98. The van der Waals surface area contributed by atoms with Crippen LogP contribution in [0.2, 0.25) is 5.02 Å². The predicted molar refractivity (Wildman–Crippen MR) is 66.5 cm³/mol. The van der Waals surface area contributed by atoms with Crippen LogP contribution in [0.5, 0.6) is 0 Å². The number of likely N-dealkylation sites (tertiary alicyclic amines) is 1. The van der Waals surface area contributed by atoms with Gasteiger partial charge in [0.05, 0.1) is 6.10 Å². The molecule has 0 unspecified atom stereocenters. The molecule has 2 nitrogen and oxygen atoms in total. The quantitative estimate of drug-likeness (QED) is 0.858. The van der Waals surface area contributed by atoms with Crippen molar-refractivity contribution in [3.8, 4) is 0 Å². The molecule has 3 heteroatoms. The lowest BCUT2D eigenvalue weighted by Crippen LogP contribution is -2.41. The molecule has 88 valence electrons. The Morgan fingerprint density at radius 1 is 1.44 bits per heavy atom. The van der Waals surface area contributed by atoms with Gasteiger partial charge in [-0.3, -0.25) is 4.90 Å². The third-order valence-electron chi connectivity index (χ3n) is 3.30. The maximum Gasteiger partial charge on any atom is 0.0590 e. The highest BCUT2D eigenvalue weighted by Gasteiger charge is 2.24. The average molecular weight is 240 g/mol. The molecule has 0 saturated carbocycles. The number of aliphatic hydroxyl groups excluding tert-OH is 1. The van der Waals surface area contributed by atoms with Crippen LogP contribution in [0.15, 0.2) is 24.3 Å². The van der Waals surface area contributed by atoms with E-state index in [9.17, 15) is 5.11 Å². The summed E-state index contributed by atoms with van der Waals surface area (Å²) in [5.41, 5.74) is 1.17. The van der Waals surface area contributed by atoms with Crippen LogP contribution in [0, 0.1) is 5.92 Å². The van der Waals surface area contributed by atoms with Gasteiger partial charge < -0.3 is 5.11 Å². The minimum absolute atomic E-state index is 0.137. The summed E-state index contributed by atoms with van der Waals surface area (Å²) in [5, 5.41) is 10.5. The van der Waals surface area contributed by atoms with Crippen molar-refractivity contribution in [3.05, 3.63) is 34.9 Å². The van der Waals surface area contributed by atoms with E-state index >= 15 is 0 Å². The summed E-state index contributed by atoms with van der Waals surface area (Å²) < 4.78 is 0. The molecule has 1 aliphatic rings. The zero-order valence-corrected chi connectivity index (χ0v) is 10.3. The Hall–Kier alpha value is -0.570. The zero-order valence-electron chi connectivity index (χ0n) is 9.56. The normalized spacial score (nSPS) is 26.9. The highest BCUT2D eigenvalue weighted by atomic mass is 35.5. The lowest BCUT2D eigenvalue weighted by atomic mass is 9.96. The van der Waals surface area contributed by atoms with E-state index in [4.69, 9.17) is 11.6 Å². The molecule has 0 aromatic heterocycles. The van der Waals surface area contributed by atoms with Crippen molar-refractivity contribution >= 4 is 11.6 Å². The van der Waals surface area contributed by atoms with Crippen LogP contribution in [0.25, 0.3) is 0 Å². The van der Waals surface area contributed by atoms with Crippen LogP contribution < -0.4 is 0 Å². The Morgan fingerprint density at radius 2 is 2.19 bits per heavy atom. The molecule has 0 spiro atoms. The molecule has 1 N–H and O–H groups in total. The van der Waals surface area contributed by atoms with Crippen molar-refractivity contribution in [1.82, 2.24) is 4.90 Å². The van der Waals surface area contributed by atoms with E-state index in [0.717, 1.165) is 31.1 Å². The summed E-state index contributed by atoms with van der Waals surface area (Å²) in [6, 6.07) is 7.97. The standard InChI is InChI=1S/C13H18ClNO/c1-10-8-15(7-6-13(10)16)9-11-4-2-3-5-12(11)14/h2-5,10,13,16H,6-9H2,1H3/t10-,13-/m0/s1. The SMILES string of the molecule is C[C@H]1CN(Cc2ccccc2Cl)CC[C@@H]1O. The summed E-state index contributed by atoms with van der Waals surface area (Å²) in [4.78, 5) is 2.36. The van der Waals surface area contributed by atoms with Crippen LogP contribution in [-0.2, 0) is 6.54 Å². The van der Waals surface area contributed by atoms with E-state index in [2.05, 4.69) is 17.9 Å². The second-order valence-electron chi connectivity index (χ2n) is 4.66. The van der Waals surface area contributed by atoms with E-state index in [0.29, 0.717) is 5.92 Å². The fourth-order valence-corrected chi connectivity index (χ4v) is 2.43. The summed E-state index contributed by atoms with van der Waals surface area (Å²) in [6.45, 7) is 4.89. The van der Waals surface area contributed by atoms with E-state index < -0.39 is 0 Å². The predicted octanol–water partition coefficient (Wildman–Crippen LogP) is 2.54. The summed E-state index contributed by atoms with van der Waals surface area (Å²) in [5.74, 6) is 0.358. The molecule has 0 radical (unpaired) electrons. The molecular weight excluding hydrogens is 222 g/mol. The number of hydrogen-bond donors (Lipinski definition) is 1. The van der Waals surface area contributed by atoms with Crippen LogP contribution in [0.1, 0.15) is 18.9 Å². The lowest BCUT2D eigenvalue weighted by Gasteiger charge is -2.34. The molecule has 1 heterocycles. The van der Waals surface area contributed by atoms with Gasteiger partial charge >= 0.3 is 0 Å². The number of nitrogens with zero attached hydrogens (tertiary/aromatic N) is 1. The van der Waals surface area contributed by atoms with Gasteiger partial charge in [0, 0.05) is 24.7 Å². The first-order valence-corrected chi connectivity index (χ1v) is 6.18. The third-order valence-corrected chi connectivity index (χ3v) is 3.66. The number of aliphatic hydroxyl groups is 1. The van der Waals surface area contributed by atoms with Gasteiger partial charge in [-0.05, 0) is 24.0 Å². The van der Waals surface area contributed by atoms with E-state index in [-0.39, 0.29) is 6.10 Å². The maximum absolute atomic E-state index is 9.66. The Labute approximate surface area is 102 Å². The second kappa shape index (κ2) is 5.17. The van der Waals surface area contributed by atoms with Gasteiger partial charge in [-0.25, -0.2) is 0 Å². The fraction of sp³-hybridized carbons (Fsp3) is 0.538. The van der Waals surface area contributed by atoms with Crippen LogP contribution >= 0.6 is 11.6 Å². The van der Waals surface area contributed by atoms with E-state index in [1.807, 2.05) is 18.2 Å². The number of halogens is 1. The number of benzene rings is 1. The maximum atomic E-state index is 9.66. The molecule has 0 bridgehead atoms. The van der Waals surface area contributed by atoms with Crippen molar-refractivity contribution in [1.29, 1.82) is 0 Å². The van der Waals surface area contributed by atoms with Crippen molar-refractivity contribution < 1.29 is 5.11 Å². The molecule has 1 aliphatic heterocycles. The average Bonchev–Trinajstić information content (AvgIpc) is 2.27. The van der Waals surface area contributed by atoms with Gasteiger partial charge in [-0.15, -0.1) is 0 Å². The van der Waals surface area contributed by atoms with Crippen LogP contribution in [-0.4, -0.2) is 29.2 Å². The van der Waals surface area contributed by atoms with Gasteiger partial charge in [-0.1, -0.05) is 36.7 Å². The molecule has 1 saturated heterocycles. The van der Waals surface area contributed by atoms with Gasteiger partial charge in [0.25, 0.3) is 0 Å². The summed E-state index contributed by atoms with van der Waals surface area (Å²) in [7, 11) is 0. The number of piperidine rings is 1. The monoisotopic (exact) mass is 239 g/mol. The Morgan fingerprint density at radius 3 is 2.88 bits per heavy atom. The van der Waals surface area contributed by atoms with Crippen molar-refractivity contribution in [2.75, 3.05) is 13.1 Å².